The van der Waals surface area contributed by atoms with Gasteiger partial charge in [-0.05, 0) is 74.4 Å². The van der Waals surface area contributed by atoms with Gasteiger partial charge in [-0.2, -0.15) is 0 Å². The Morgan fingerprint density at radius 2 is 1.70 bits per heavy atom. The molecule has 0 bridgehead atoms. The first-order valence-electron chi connectivity index (χ1n) is 12.7. The number of aryl methyl sites for hydroxylation is 1. The van der Waals surface area contributed by atoms with E-state index in [-0.39, 0.29) is 11.9 Å². The summed E-state index contributed by atoms with van der Waals surface area (Å²) in [4.78, 5) is 19.0. The zero-order valence-corrected chi connectivity index (χ0v) is 20.3. The molecule has 1 unspecified atom stereocenters. The lowest BCUT2D eigenvalue weighted by molar-refractivity contribution is -0.127. The average molecular weight is 464 g/mol. The molecule has 2 aliphatic carbocycles. The molecule has 1 heterocycles. The first-order valence-corrected chi connectivity index (χ1v) is 13.0. The van der Waals surface area contributed by atoms with Crippen LogP contribution in [0.1, 0.15) is 75.8 Å². The minimum Gasteiger partial charge on any atom is -0.352 e. The third-order valence-corrected chi connectivity index (χ3v) is 8.03. The summed E-state index contributed by atoms with van der Waals surface area (Å²) in [7, 11) is 0. The molecule has 2 saturated carbocycles. The molecule has 3 aromatic rings. The highest BCUT2D eigenvalue weighted by Gasteiger charge is 2.35. The van der Waals surface area contributed by atoms with Gasteiger partial charge in [0.2, 0.25) is 5.91 Å². The maximum atomic E-state index is 14.0. The summed E-state index contributed by atoms with van der Waals surface area (Å²) in [5.74, 6) is 1.36. The van der Waals surface area contributed by atoms with Gasteiger partial charge in [0.1, 0.15) is 11.9 Å². The number of rotatable bonds is 5. The molecular weight excluding hydrogens is 430 g/mol. The van der Waals surface area contributed by atoms with Gasteiger partial charge in [0, 0.05) is 16.6 Å². The number of carbonyl (C=O) groups is 1. The van der Waals surface area contributed by atoms with E-state index in [1.54, 1.807) is 0 Å². The molecule has 2 fully saturated rings. The zero-order valence-electron chi connectivity index (χ0n) is 19.5. The lowest BCUT2D eigenvalue weighted by atomic mass is 9.82. The highest BCUT2D eigenvalue weighted by atomic mass is 35.5. The van der Waals surface area contributed by atoms with Crippen LogP contribution in [-0.2, 0) is 4.79 Å². The molecule has 4 nitrogen and oxygen atoms in total. The summed E-state index contributed by atoms with van der Waals surface area (Å²) in [5.41, 5.74) is 4.01. The van der Waals surface area contributed by atoms with Crippen LogP contribution < -0.4 is 5.32 Å². The van der Waals surface area contributed by atoms with Gasteiger partial charge in [0.15, 0.2) is 0 Å². The molecule has 5 rings (SSSR count). The van der Waals surface area contributed by atoms with E-state index in [4.69, 9.17) is 16.6 Å². The van der Waals surface area contributed by atoms with Crippen molar-refractivity contribution in [2.75, 3.05) is 0 Å². The van der Waals surface area contributed by atoms with E-state index in [1.165, 1.54) is 38.5 Å². The average Bonchev–Trinajstić information content (AvgIpc) is 3.22. The van der Waals surface area contributed by atoms with E-state index in [0.29, 0.717) is 12.0 Å². The third-order valence-electron chi connectivity index (χ3n) is 7.61. The summed E-state index contributed by atoms with van der Waals surface area (Å²) < 4.78 is 2.24. The van der Waals surface area contributed by atoms with Crippen LogP contribution in [0.5, 0.6) is 0 Å². The number of fused-ring (bicyclic) bond motifs is 1. The second-order valence-corrected chi connectivity index (χ2v) is 10.4. The SMILES string of the molecule is Cc1cc(-c2nc3ccccc3n2C(C(=O)NC2CCCCC2)C2CCCCC2)ccc1Cl. The number of para-hydroxylation sites is 2. The molecule has 2 aromatic carbocycles. The van der Waals surface area contributed by atoms with Crippen LogP contribution in [0.3, 0.4) is 0 Å². The van der Waals surface area contributed by atoms with Gasteiger partial charge in [-0.25, -0.2) is 4.98 Å². The molecular formula is C28H34ClN3O. The van der Waals surface area contributed by atoms with Crippen molar-refractivity contribution in [3.05, 3.63) is 53.1 Å². The van der Waals surface area contributed by atoms with Crippen molar-refractivity contribution in [1.29, 1.82) is 0 Å². The number of amides is 1. The van der Waals surface area contributed by atoms with Gasteiger partial charge < -0.3 is 9.88 Å². The van der Waals surface area contributed by atoms with E-state index in [9.17, 15) is 4.79 Å². The number of nitrogens with one attached hydrogen (secondary N) is 1. The van der Waals surface area contributed by atoms with Gasteiger partial charge >= 0.3 is 0 Å². The zero-order chi connectivity index (χ0) is 22.8. The first kappa shape index (κ1) is 22.5. The maximum absolute atomic E-state index is 14.0. The van der Waals surface area contributed by atoms with E-state index in [1.807, 2.05) is 31.2 Å². The van der Waals surface area contributed by atoms with Gasteiger partial charge in [-0.3, -0.25) is 4.79 Å². The summed E-state index contributed by atoms with van der Waals surface area (Å²) in [6, 6.07) is 14.4. The predicted octanol–water partition coefficient (Wildman–Crippen LogP) is 7.24. The minimum atomic E-state index is -0.245. The number of hydrogen-bond donors (Lipinski definition) is 1. The molecule has 1 N–H and O–H groups in total. The normalized spacial score (nSPS) is 19.0. The smallest absolute Gasteiger partial charge is 0.243 e. The Bertz CT molecular complexity index is 1130. The number of benzene rings is 2. The quantitative estimate of drug-likeness (QED) is 0.433. The lowest BCUT2D eigenvalue weighted by Crippen LogP contribution is -2.43. The van der Waals surface area contributed by atoms with E-state index >= 15 is 0 Å². The first-order chi connectivity index (χ1) is 16.1. The second kappa shape index (κ2) is 9.89. The van der Waals surface area contributed by atoms with Crippen LogP contribution in [0.25, 0.3) is 22.4 Å². The summed E-state index contributed by atoms with van der Waals surface area (Å²) in [6.45, 7) is 2.02. The molecule has 5 heteroatoms. The van der Waals surface area contributed by atoms with Crippen molar-refractivity contribution in [2.45, 2.75) is 83.2 Å². The Kier molecular flexibility index (Phi) is 6.73. The van der Waals surface area contributed by atoms with E-state index < -0.39 is 0 Å². The molecule has 33 heavy (non-hydrogen) atoms. The number of halogens is 1. The number of carbonyl (C=O) groups excluding carboxylic acids is 1. The summed E-state index contributed by atoms with van der Waals surface area (Å²) in [6.07, 6.45) is 11.7. The van der Waals surface area contributed by atoms with Crippen LogP contribution in [-0.4, -0.2) is 21.5 Å². The van der Waals surface area contributed by atoms with Gasteiger partial charge in [0.05, 0.1) is 11.0 Å². The Balaban J connectivity index is 1.62. The van der Waals surface area contributed by atoms with Crippen LogP contribution in [0.4, 0.5) is 0 Å². The molecule has 0 spiro atoms. The second-order valence-electron chi connectivity index (χ2n) is 9.94. The number of aromatic nitrogens is 2. The summed E-state index contributed by atoms with van der Waals surface area (Å²) >= 11 is 6.34. The lowest BCUT2D eigenvalue weighted by Gasteiger charge is -2.33. The largest absolute Gasteiger partial charge is 0.352 e. The maximum Gasteiger partial charge on any atom is 0.243 e. The Hall–Kier alpha value is -2.33. The standard InChI is InChI=1S/C28H34ClN3O/c1-19-18-21(16-17-23(19)29)27-31-24-14-8-9-15-25(24)32(27)26(20-10-4-2-5-11-20)28(33)30-22-12-6-3-7-13-22/h8-9,14-18,20,22,26H,2-7,10-13H2,1H3,(H,30,33). The number of nitrogens with zero attached hydrogens (tertiary/aromatic N) is 2. The molecule has 174 valence electrons. The van der Waals surface area contributed by atoms with Crippen molar-refractivity contribution < 1.29 is 4.79 Å². The van der Waals surface area contributed by atoms with Crippen LogP contribution in [0.15, 0.2) is 42.5 Å². The molecule has 1 atom stereocenters. The monoisotopic (exact) mass is 463 g/mol. The topological polar surface area (TPSA) is 46.9 Å². The highest BCUT2D eigenvalue weighted by Crippen LogP contribution is 2.39. The van der Waals surface area contributed by atoms with Gasteiger partial charge in [0.25, 0.3) is 0 Å². The van der Waals surface area contributed by atoms with E-state index in [0.717, 1.165) is 58.7 Å². The fourth-order valence-electron chi connectivity index (χ4n) is 5.84. The predicted molar refractivity (Wildman–Crippen MR) is 136 cm³/mol. The Labute approximate surface area is 201 Å². The van der Waals surface area contributed by atoms with Crippen LogP contribution in [0, 0.1) is 12.8 Å². The van der Waals surface area contributed by atoms with Crippen molar-refractivity contribution in [3.63, 3.8) is 0 Å². The minimum absolute atomic E-state index is 0.170. The fraction of sp³-hybridized carbons (Fsp3) is 0.500. The number of imidazole rings is 1. The number of hydrogen-bond acceptors (Lipinski definition) is 2. The Morgan fingerprint density at radius 1 is 1.00 bits per heavy atom. The molecule has 1 aromatic heterocycles. The highest BCUT2D eigenvalue weighted by molar-refractivity contribution is 6.31. The molecule has 0 radical (unpaired) electrons. The molecule has 0 saturated heterocycles. The van der Waals surface area contributed by atoms with Crippen molar-refractivity contribution in [3.8, 4) is 11.4 Å². The fourth-order valence-corrected chi connectivity index (χ4v) is 5.96. The van der Waals surface area contributed by atoms with Gasteiger partial charge in [-0.1, -0.05) is 62.3 Å². The van der Waals surface area contributed by atoms with Crippen LogP contribution >= 0.6 is 11.6 Å². The van der Waals surface area contributed by atoms with Crippen LogP contribution in [0.2, 0.25) is 5.02 Å². The van der Waals surface area contributed by atoms with Crippen molar-refractivity contribution in [2.24, 2.45) is 5.92 Å². The molecule has 2 aliphatic rings. The molecule has 0 aliphatic heterocycles. The molecule has 1 amide bonds. The van der Waals surface area contributed by atoms with E-state index in [2.05, 4.69) is 28.1 Å². The Morgan fingerprint density at radius 3 is 2.42 bits per heavy atom. The summed E-state index contributed by atoms with van der Waals surface area (Å²) in [5, 5.41) is 4.21. The third kappa shape index (κ3) is 4.68. The van der Waals surface area contributed by atoms with Crippen molar-refractivity contribution >= 4 is 28.5 Å². The van der Waals surface area contributed by atoms with Gasteiger partial charge in [-0.15, -0.1) is 0 Å². The van der Waals surface area contributed by atoms with Crippen molar-refractivity contribution in [1.82, 2.24) is 14.9 Å².